The number of halogens is 2. The lowest BCUT2D eigenvalue weighted by Gasteiger charge is -2.35. The van der Waals surface area contributed by atoms with Crippen molar-refractivity contribution in [2.75, 3.05) is 13.1 Å². The molecule has 0 saturated carbocycles. The molecule has 0 aliphatic carbocycles. The van der Waals surface area contributed by atoms with Crippen LogP contribution in [-0.4, -0.2) is 29.9 Å². The van der Waals surface area contributed by atoms with Crippen molar-refractivity contribution in [3.05, 3.63) is 34.3 Å². The quantitative estimate of drug-likeness (QED) is 0.913. The summed E-state index contributed by atoms with van der Waals surface area (Å²) in [4.78, 5) is 14.5. The highest BCUT2D eigenvalue weighted by atomic mass is 35.5. The molecule has 106 valence electrons. The first-order valence-electron chi connectivity index (χ1n) is 6.40. The molecule has 1 unspecified atom stereocenters. The molecule has 1 amide bonds. The van der Waals surface area contributed by atoms with E-state index in [9.17, 15) is 4.79 Å². The van der Waals surface area contributed by atoms with Crippen LogP contribution in [0.15, 0.2) is 18.2 Å². The maximum Gasteiger partial charge on any atom is 0.254 e. The van der Waals surface area contributed by atoms with Crippen LogP contribution in [0.25, 0.3) is 0 Å². The Bertz CT molecular complexity index is 451. The van der Waals surface area contributed by atoms with Crippen molar-refractivity contribution in [1.82, 2.24) is 4.90 Å². The third-order valence-electron chi connectivity index (χ3n) is 3.59. The predicted octanol–water partition coefficient (Wildman–Crippen LogP) is 3.02. The fourth-order valence-corrected chi connectivity index (χ4v) is 2.66. The molecule has 0 bridgehead atoms. The number of benzene rings is 1. The molecule has 0 radical (unpaired) electrons. The second-order valence-corrected chi connectivity index (χ2v) is 5.28. The lowest BCUT2D eigenvalue weighted by molar-refractivity contribution is 0.0622. The summed E-state index contributed by atoms with van der Waals surface area (Å²) in [7, 11) is 0. The van der Waals surface area contributed by atoms with E-state index >= 15 is 0 Å². The first-order valence-corrected chi connectivity index (χ1v) is 6.78. The number of nitrogens with zero attached hydrogens (tertiary/aromatic N) is 1. The standard InChI is InChI=1S/C14H19ClN2O.ClH/c1-10-5-6-11(15)8-13(10)14(18)17-7-3-2-4-12(17)9-16;/h5-6,8,12H,2-4,7,9,16H2,1H3;1H. The molecule has 1 aliphatic rings. The molecule has 19 heavy (non-hydrogen) atoms. The number of carbonyl (C=O) groups excluding carboxylic acids is 1. The van der Waals surface area contributed by atoms with Crippen LogP contribution in [0.4, 0.5) is 0 Å². The summed E-state index contributed by atoms with van der Waals surface area (Å²) in [5.74, 6) is 0.0603. The molecule has 1 heterocycles. The zero-order valence-electron chi connectivity index (χ0n) is 11.1. The summed E-state index contributed by atoms with van der Waals surface area (Å²) in [5.41, 5.74) is 7.42. The lowest BCUT2D eigenvalue weighted by Crippen LogP contribution is -2.47. The fourth-order valence-electron chi connectivity index (χ4n) is 2.49. The second kappa shape index (κ2) is 7.13. The molecule has 3 nitrogen and oxygen atoms in total. The van der Waals surface area contributed by atoms with E-state index in [0.29, 0.717) is 17.1 Å². The molecule has 1 saturated heterocycles. The van der Waals surface area contributed by atoms with E-state index < -0.39 is 0 Å². The molecule has 5 heteroatoms. The minimum absolute atomic E-state index is 0. The summed E-state index contributed by atoms with van der Waals surface area (Å²) in [5, 5.41) is 0.602. The Kier molecular flexibility index (Phi) is 6.11. The first kappa shape index (κ1) is 16.3. The van der Waals surface area contributed by atoms with Crippen LogP contribution in [0.1, 0.15) is 35.2 Å². The van der Waals surface area contributed by atoms with E-state index in [-0.39, 0.29) is 24.4 Å². The smallest absolute Gasteiger partial charge is 0.254 e. The maximum absolute atomic E-state index is 12.6. The van der Waals surface area contributed by atoms with Crippen LogP contribution in [0.3, 0.4) is 0 Å². The number of nitrogens with two attached hydrogens (primary N) is 1. The van der Waals surface area contributed by atoms with Crippen LogP contribution in [0.5, 0.6) is 0 Å². The van der Waals surface area contributed by atoms with Gasteiger partial charge in [-0.3, -0.25) is 4.79 Å². The van der Waals surface area contributed by atoms with Gasteiger partial charge in [-0.25, -0.2) is 0 Å². The molecule has 1 aromatic carbocycles. The van der Waals surface area contributed by atoms with Gasteiger partial charge in [0.05, 0.1) is 0 Å². The van der Waals surface area contributed by atoms with Crippen molar-refractivity contribution < 1.29 is 4.79 Å². The molecule has 0 spiro atoms. The molecular formula is C14H20Cl2N2O. The van der Waals surface area contributed by atoms with Crippen molar-refractivity contribution in [2.45, 2.75) is 32.2 Å². The van der Waals surface area contributed by atoms with Crippen molar-refractivity contribution in [2.24, 2.45) is 5.73 Å². The Hall–Kier alpha value is -0.770. The Balaban J connectivity index is 0.00000180. The number of carbonyl (C=O) groups is 1. The number of amides is 1. The van der Waals surface area contributed by atoms with Crippen LogP contribution in [0, 0.1) is 6.92 Å². The van der Waals surface area contributed by atoms with Crippen molar-refractivity contribution in [1.29, 1.82) is 0 Å². The maximum atomic E-state index is 12.6. The summed E-state index contributed by atoms with van der Waals surface area (Å²) < 4.78 is 0. The van der Waals surface area contributed by atoms with Gasteiger partial charge >= 0.3 is 0 Å². The number of hydrogen-bond acceptors (Lipinski definition) is 2. The van der Waals surface area contributed by atoms with Gasteiger partial charge in [0.1, 0.15) is 0 Å². The van der Waals surface area contributed by atoms with Gasteiger partial charge in [0, 0.05) is 29.7 Å². The van der Waals surface area contributed by atoms with Gasteiger partial charge in [-0.05, 0) is 43.9 Å². The Morgan fingerprint density at radius 3 is 2.89 bits per heavy atom. The fraction of sp³-hybridized carbons (Fsp3) is 0.500. The largest absolute Gasteiger partial charge is 0.334 e. The predicted molar refractivity (Wildman–Crippen MR) is 81.2 cm³/mol. The molecule has 2 N–H and O–H groups in total. The summed E-state index contributed by atoms with van der Waals surface area (Å²) in [6, 6.07) is 5.62. The number of piperidine rings is 1. The van der Waals surface area contributed by atoms with Gasteiger partial charge in [-0.1, -0.05) is 17.7 Å². The minimum atomic E-state index is 0. The molecule has 2 rings (SSSR count). The van der Waals surface area contributed by atoms with Gasteiger partial charge in [0.25, 0.3) is 5.91 Å². The van der Waals surface area contributed by atoms with Gasteiger partial charge in [-0.2, -0.15) is 0 Å². The highest BCUT2D eigenvalue weighted by Gasteiger charge is 2.27. The highest BCUT2D eigenvalue weighted by molar-refractivity contribution is 6.31. The van der Waals surface area contributed by atoms with Gasteiger partial charge < -0.3 is 10.6 Å². The van der Waals surface area contributed by atoms with Gasteiger partial charge in [0.15, 0.2) is 0 Å². The van der Waals surface area contributed by atoms with Gasteiger partial charge in [-0.15, -0.1) is 12.4 Å². The van der Waals surface area contributed by atoms with E-state index in [0.717, 1.165) is 31.4 Å². The normalized spacial score (nSPS) is 18.9. The minimum Gasteiger partial charge on any atom is -0.334 e. The Morgan fingerprint density at radius 2 is 2.21 bits per heavy atom. The van der Waals surface area contributed by atoms with Gasteiger partial charge in [0.2, 0.25) is 0 Å². The average molecular weight is 303 g/mol. The average Bonchev–Trinajstić information content (AvgIpc) is 2.40. The van der Waals surface area contributed by atoms with Crippen molar-refractivity contribution in [3.8, 4) is 0 Å². The van der Waals surface area contributed by atoms with Crippen LogP contribution in [0.2, 0.25) is 5.02 Å². The van der Waals surface area contributed by atoms with E-state index in [1.165, 1.54) is 0 Å². The Morgan fingerprint density at radius 1 is 1.47 bits per heavy atom. The molecular weight excluding hydrogens is 283 g/mol. The van der Waals surface area contributed by atoms with E-state index in [2.05, 4.69) is 0 Å². The number of rotatable bonds is 2. The van der Waals surface area contributed by atoms with Crippen molar-refractivity contribution in [3.63, 3.8) is 0 Å². The van der Waals surface area contributed by atoms with E-state index in [4.69, 9.17) is 17.3 Å². The van der Waals surface area contributed by atoms with Crippen LogP contribution in [-0.2, 0) is 0 Å². The van der Waals surface area contributed by atoms with E-state index in [1.807, 2.05) is 24.0 Å². The third-order valence-corrected chi connectivity index (χ3v) is 3.83. The number of likely N-dealkylation sites (tertiary alicyclic amines) is 1. The zero-order valence-corrected chi connectivity index (χ0v) is 12.6. The molecule has 1 fully saturated rings. The topological polar surface area (TPSA) is 46.3 Å². The highest BCUT2D eigenvalue weighted by Crippen LogP contribution is 2.22. The van der Waals surface area contributed by atoms with E-state index in [1.54, 1.807) is 6.07 Å². The van der Waals surface area contributed by atoms with Crippen molar-refractivity contribution >= 4 is 29.9 Å². The molecule has 1 aromatic rings. The molecule has 1 atom stereocenters. The second-order valence-electron chi connectivity index (χ2n) is 4.84. The first-order chi connectivity index (χ1) is 8.63. The zero-order chi connectivity index (χ0) is 13.1. The summed E-state index contributed by atoms with van der Waals surface area (Å²) in [6.45, 7) is 3.27. The lowest BCUT2D eigenvalue weighted by atomic mass is 9.99. The monoisotopic (exact) mass is 302 g/mol. The summed E-state index contributed by atoms with van der Waals surface area (Å²) >= 11 is 5.97. The van der Waals surface area contributed by atoms with Crippen LogP contribution < -0.4 is 5.73 Å². The Labute approximate surface area is 125 Å². The summed E-state index contributed by atoms with van der Waals surface area (Å²) in [6.07, 6.45) is 3.21. The number of hydrogen-bond donors (Lipinski definition) is 1. The third kappa shape index (κ3) is 3.62. The van der Waals surface area contributed by atoms with Crippen LogP contribution >= 0.6 is 24.0 Å². The molecule has 1 aliphatic heterocycles. The molecule has 0 aromatic heterocycles. The SMILES string of the molecule is Cc1ccc(Cl)cc1C(=O)N1CCCCC1CN.Cl. The number of aryl methyl sites for hydroxylation is 1.